The summed E-state index contributed by atoms with van der Waals surface area (Å²) in [4.78, 5) is 16.9. The zero-order valence-electron chi connectivity index (χ0n) is 12.0. The van der Waals surface area contributed by atoms with E-state index in [1.54, 1.807) is 11.2 Å². The molecular weight excluding hydrogens is 317 g/mol. The Bertz CT molecular complexity index is 663. The van der Waals surface area contributed by atoms with Crippen molar-refractivity contribution in [2.24, 2.45) is 0 Å². The lowest BCUT2D eigenvalue weighted by Crippen LogP contribution is -2.12. The Morgan fingerprint density at radius 3 is 2.68 bits per heavy atom. The average molecular weight is 332 g/mol. The number of carbonyl (C=O) groups excluding carboxylic acids is 1. The second kappa shape index (κ2) is 6.47. The van der Waals surface area contributed by atoms with Crippen LogP contribution < -0.4 is 5.32 Å². The Balaban J connectivity index is 2.14. The van der Waals surface area contributed by atoms with Crippen molar-refractivity contribution in [3.8, 4) is 0 Å². The van der Waals surface area contributed by atoms with Crippen molar-refractivity contribution >= 4 is 23.2 Å². The summed E-state index contributed by atoms with van der Waals surface area (Å²) >= 11 is 1.35. The largest absolute Gasteiger partial charge is 0.451 e. The van der Waals surface area contributed by atoms with E-state index in [4.69, 9.17) is 0 Å². The molecular formula is C13H15F3N4OS. The predicted molar refractivity (Wildman–Crippen MR) is 77.0 cm³/mol. The maximum Gasteiger partial charge on any atom is 0.451 e. The summed E-state index contributed by atoms with van der Waals surface area (Å²) < 4.78 is 37.2. The number of hydrogen-bond acceptors (Lipinski definition) is 4. The van der Waals surface area contributed by atoms with E-state index in [-0.39, 0.29) is 5.95 Å². The number of aromatic amines is 1. The summed E-state index contributed by atoms with van der Waals surface area (Å²) in [6, 6.07) is 1.77. The zero-order valence-corrected chi connectivity index (χ0v) is 12.9. The number of rotatable bonds is 5. The molecule has 9 heteroatoms. The average Bonchev–Trinajstić information content (AvgIpc) is 3.05. The van der Waals surface area contributed by atoms with Crippen LogP contribution in [0.5, 0.6) is 0 Å². The van der Waals surface area contributed by atoms with Crippen molar-refractivity contribution in [2.75, 3.05) is 5.32 Å². The van der Waals surface area contributed by atoms with Crippen molar-refractivity contribution in [3.63, 3.8) is 0 Å². The first-order valence-electron chi connectivity index (χ1n) is 6.77. The summed E-state index contributed by atoms with van der Waals surface area (Å²) in [6.07, 6.45) is -1.98. The smallest absolute Gasteiger partial charge is 0.288 e. The number of alkyl halides is 3. The van der Waals surface area contributed by atoms with Crippen LogP contribution in [0.4, 0.5) is 19.1 Å². The maximum atomic E-state index is 12.4. The molecule has 2 N–H and O–H groups in total. The quantitative estimate of drug-likeness (QED) is 0.878. The Morgan fingerprint density at radius 2 is 2.14 bits per heavy atom. The number of aromatic nitrogens is 3. The molecule has 0 radical (unpaired) electrons. The van der Waals surface area contributed by atoms with E-state index < -0.39 is 17.9 Å². The van der Waals surface area contributed by atoms with Crippen LogP contribution in [0.15, 0.2) is 6.07 Å². The summed E-state index contributed by atoms with van der Waals surface area (Å²) in [7, 11) is 0. The van der Waals surface area contributed by atoms with Crippen LogP contribution in [0.25, 0.3) is 0 Å². The second-order valence-corrected chi connectivity index (χ2v) is 5.76. The lowest BCUT2D eigenvalue weighted by Gasteiger charge is -1.99. The number of nitrogens with zero attached hydrogens (tertiary/aromatic N) is 2. The van der Waals surface area contributed by atoms with E-state index in [0.717, 1.165) is 29.7 Å². The fourth-order valence-electron chi connectivity index (χ4n) is 1.92. The molecule has 1 amide bonds. The minimum atomic E-state index is -4.62. The highest BCUT2D eigenvalue weighted by molar-refractivity contribution is 7.14. The van der Waals surface area contributed by atoms with Crippen LogP contribution in [0.3, 0.4) is 0 Å². The molecule has 2 aromatic rings. The third kappa shape index (κ3) is 3.65. The monoisotopic (exact) mass is 332 g/mol. The number of anilines is 1. The van der Waals surface area contributed by atoms with Gasteiger partial charge in [0, 0.05) is 4.88 Å². The van der Waals surface area contributed by atoms with Gasteiger partial charge >= 0.3 is 6.18 Å². The van der Waals surface area contributed by atoms with Crippen LogP contribution in [-0.4, -0.2) is 21.1 Å². The fourth-order valence-corrected chi connectivity index (χ4v) is 3.17. The lowest BCUT2D eigenvalue weighted by molar-refractivity contribution is -0.144. The number of amides is 1. The van der Waals surface area contributed by atoms with Gasteiger partial charge in [0.1, 0.15) is 0 Å². The molecule has 0 bridgehead atoms. The topological polar surface area (TPSA) is 70.7 Å². The van der Waals surface area contributed by atoms with Crippen LogP contribution in [0.2, 0.25) is 0 Å². The van der Waals surface area contributed by atoms with Crippen molar-refractivity contribution < 1.29 is 18.0 Å². The van der Waals surface area contributed by atoms with Gasteiger partial charge in [-0.2, -0.15) is 18.2 Å². The van der Waals surface area contributed by atoms with Gasteiger partial charge in [-0.05, 0) is 24.5 Å². The standard InChI is InChI=1S/C13H15F3N4OS/c1-3-5-8-7(4-2)6-9(22-8)10(21)17-12-18-11(19-20-12)13(14,15)16/h6H,3-5H2,1-2H3,(H2,17,18,19,20,21). The summed E-state index contributed by atoms with van der Waals surface area (Å²) in [5.74, 6) is -2.13. The Kier molecular flexibility index (Phi) is 4.84. The van der Waals surface area contributed by atoms with Gasteiger partial charge in [0.2, 0.25) is 11.8 Å². The third-order valence-corrected chi connectivity index (χ3v) is 4.19. The van der Waals surface area contributed by atoms with Crippen molar-refractivity contribution in [1.82, 2.24) is 15.2 Å². The number of halogens is 3. The third-order valence-electron chi connectivity index (χ3n) is 2.96. The van der Waals surface area contributed by atoms with Gasteiger partial charge in [-0.1, -0.05) is 20.3 Å². The van der Waals surface area contributed by atoms with Gasteiger partial charge < -0.3 is 0 Å². The molecule has 5 nitrogen and oxygen atoms in total. The van der Waals surface area contributed by atoms with Gasteiger partial charge in [0.15, 0.2) is 0 Å². The molecule has 0 fully saturated rings. The van der Waals surface area contributed by atoms with Crippen LogP contribution in [0, 0.1) is 0 Å². The molecule has 120 valence electrons. The van der Waals surface area contributed by atoms with Gasteiger partial charge in [-0.15, -0.1) is 16.4 Å². The maximum absolute atomic E-state index is 12.4. The van der Waals surface area contributed by atoms with E-state index in [9.17, 15) is 18.0 Å². The number of thiophene rings is 1. The molecule has 0 spiro atoms. The predicted octanol–water partition coefficient (Wildman–Crippen LogP) is 3.65. The van der Waals surface area contributed by atoms with Gasteiger partial charge in [-0.25, -0.2) is 0 Å². The van der Waals surface area contributed by atoms with Crippen molar-refractivity contribution in [2.45, 2.75) is 39.3 Å². The van der Waals surface area contributed by atoms with E-state index >= 15 is 0 Å². The van der Waals surface area contributed by atoms with E-state index in [1.807, 2.05) is 13.8 Å². The molecule has 0 aromatic carbocycles. The zero-order chi connectivity index (χ0) is 16.3. The number of carbonyl (C=O) groups is 1. The first-order valence-corrected chi connectivity index (χ1v) is 7.59. The Labute approximate surface area is 129 Å². The summed E-state index contributed by atoms with van der Waals surface area (Å²) in [6.45, 7) is 4.04. The molecule has 0 aliphatic rings. The van der Waals surface area contributed by atoms with Crippen LogP contribution in [-0.2, 0) is 19.0 Å². The molecule has 0 unspecified atom stereocenters. The minimum absolute atomic E-state index is 0.388. The van der Waals surface area contributed by atoms with E-state index in [2.05, 4.69) is 15.4 Å². The first kappa shape index (κ1) is 16.5. The first-order chi connectivity index (χ1) is 10.3. The molecule has 0 atom stereocenters. The highest BCUT2D eigenvalue weighted by atomic mass is 32.1. The molecule has 2 rings (SSSR count). The number of nitrogens with one attached hydrogen (secondary N) is 2. The normalized spacial score (nSPS) is 11.7. The lowest BCUT2D eigenvalue weighted by atomic mass is 10.1. The van der Waals surface area contributed by atoms with Crippen molar-refractivity contribution in [3.05, 3.63) is 27.2 Å². The SMILES string of the molecule is CCCc1sc(C(=O)Nc2n[nH]c(C(F)(F)F)n2)cc1CC. The molecule has 0 aliphatic carbocycles. The highest BCUT2D eigenvalue weighted by Gasteiger charge is 2.35. The van der Waals surface area contributed by atoms with Gasteiger partial charge in [0.25, 0.3) is 5.91 Å². The number of hydrogen-bond donors (Lipinski definition) is 2. The van der Waals surface area contributed by atoms with E-state index in [1.165, 1.54) is 11.3 Å². The minimum Gasteiger partial charge on any atom is -0.288 e. The second-order valence-electron chi connectivity index (χ2n) is 4.62. The highest BCUT2D eigenvalue weighted by Crippen LogP contribution is 2.27. The molecule has 0 aliphatic heterocycles. The van der Waals surface area contributed by atoms with E-state index in [0.29, 0.717) is 4.88 Å². The molecule has 22 heavy (non-hydrogen) atoms. The fraction of sp³-hybridized carbons (Fsp3) is 0.462. The molecule has 2 heterocycles. The molecule has 0 saturated carbocycles. The van der Waals surface area contributed by atoms with Gasteiger partial charge in [-0.3, -0.25) is 15.2 Å². The van der Waals surface area contributed by atoms with Crippen LogP contribution >= 0.6 is 11.3 Å². The van der Waals surface area contributed by atoms with Crippen molar-refractivity contribution in [1.29, 1.82) is 0 Å². The molecule has 2 aromatic heterocycles. The van der Waals surface area contributed by atoms with Gasteiger partial charge in [0.05, 0.1) is 4.88 Å². The Hall–Kier alpha value is -1.90. The Morgan fingerprint density at radius 1 is 1.41 bits per heavy atom. The van der Waals surface area contributed by atoms with Crippen LogP contribution in [0.1, 0.15) is 46.2 Å². The summed E-state index contributed by atoms with van der Waals surface area (Å²) in [5.41, 5.74) is 1.09. The number of aryl methyl sites for hydroxylation is 2. The molecule has 0 saturated heterocycles. The number of H-pyrrole nitrogens is 1. The summed E-state index contributed by atoms with van der Waals surface area (Å²) in [5, 5.41) is 7.38.